The second-order valence-electron chi connectivity index (χ2n) is 5.03. The standard InChI is InChI=1S/C15H19N3OS/c19-15(12-16-10-11-20-13-16)18-8-6-17(7-9-18)14-4-2-1-3-5-14/h1-5,10-11H,6-9,12-13H2. The number of anilines is 1. The van der Waals surface area contributed by atoms with Crippen molar-refractivity contribution in [2.75, 3.05) is 43.5 Å². The maximum absolute atomic E-state index is 12.2. The molecule has 5 heteroatoms. The zero-order valence-corrected chi connectivity index (χ0v) is 12.3. The van der Waals surface area contributed by atoms with Gasteiger partial charge in [-0.3, -0.25) is 4.79 Å². The van der Waals surface area contributed by atoms with E-state index in [2.05, 4.69) is 34.1 Å². The van der Waals surface area contributed by atoms with E-state index in [4.69, 9.17) is 0 Å². The fourth-order valence-corrected chi connectivity index (χ4v) is 3.25. The van der Waals surface area contributed by atoms with E-state index in [9.17, 15) is 4.79 Å². The van der Waals surface area contributed by atoms with Crippen molar-refractivity contribution < 1.29 is 4.79 Å². The second-order valence-corrected chi connectivity index (χ2v) is 5.89. The van der Waals surface area contributed by atoms with Crippen molar-refractivity contribution in [3.63, 3.8) is 0 Å². The monoisotopic (exact) mass is 289 g/mol. The quantitative estimate of drug-likeness (QED) is 0.848. The van der Waals surface area contributed by atoms with Crippen molar-refractivity contribution in [2.24, 2.45) is 0 Å². The summed E-state index contributed by atoms with van der Waals surface area (Å²) in [5, 5.41) is 2.04. The number of thioether (sulfide) groups is 1. The van der Waals surface area contributed by atoms with Gasteiger partial charge in [-0.1, -0.05) is 18.2 Å². The minimum atomic E-state index is 0.241. The van der Waals surface area contributed by atoms with Crippen molar-refractivity contribution in [1.82, 2.24) is 9.80 Å². The van der Waals surface area contributed by atoms with Crippen LogP contribution in [0.3, 0.4) is 0 Å². The summed E-state index contributed by atoms with van der Waals surface area (Å²) in [6, 6.07) is 10.4. The summed E-state index contributed by atoms with van der Waals surface area (Å²) in [6.07, 6.45) is 2.00. The third kappa shape index (κ3) is 3.10. The van der Waals surface area contributed by atoms with Gasteiger partial charge in [0.15, 0.2) is 0 Å². The molecule has 0 bridgehead atoms. The highest BCUT2D eigenvalue weighted by Gasteiger charge is 2.22. The molecule has 106 valence electrons. The molecule has 1 amide bonds. The van der Waals surface area contributed by atoms with Crippen molar-refractivity contribution >= 4 is 23.4 Å². The molecule has 0 unspecified atom stereocenters. The topological polar surface area (TPSA) is 26.8 Å². The van der Waals surface area contributed by atoms with Gasteiger partial charge in [-0.05, 0) is 17.5 Å². The molecule has 2 aliphatic heterocycles. The average molecular weight is 289 g/mol. The molecular formula is C15H19N3OS. The Labute approximate surface area is 124 Å². The van der Waals surface area contributed by atoms with E-state index in [1.54, 1.807) is 11.8 Å². The summed E-state index contributed by atoms with van der Waals surface area (Å²) in [4.78, 5) is 18.6. The Bertz CT molecular complexity index is 483. The molecule has 0 N–H and O–H groups in total. The molecule has 0 spiro atoms. The van der Waals surface area contributed by atoms with Crippen LogP contribution in [0, 0.1) is 0 Å². The summed E-state index contributed by atoms with van der Waals surface area (Å²) in [5.74, 6) is 1.14. The Hall–Kier alpha value is -1.62. The number of carbonyl (C=O) groups excluding carboxylic acids is 1. The van der Waals surface area contributed by atoms with Gasteiger partial charge in [0.2, 0.25) is 5.91 Å². The molecule has 3 rings (SSSR count). The zero-order chi connectivity index (χ0) is 13.8. The van der Waals surface area contributed by atoms with E-state index in [0.717, 1.165) is 32.1 Å². The summed E-state index contributed by atoms with van der Waals surface area (Å²) < 4.78 is 0. The minimum Gasteiger partial charge on any atom is -0.368 e. The van der Waals surface area contributed by atoms with E-state index in [-0.39, 0.29) is 5.91 Å². The van der Waals surface area contributed by atoms with Gasteiger partial charge >= 0.3 is 0 Å². The minimum absolute atomic E-state index is 0.241. The number of piperazine rings is 1. The van der Waals surface area contributed by atoms with Gasteiger partial charge in [-0.15, -0.1) is 11.8 Å². The lowest BCUT2D eigenvalue weighted by atomic mass is 10.2. The summed E-state index contributed by atoms with van der Waals surface area (Å²) in [6.45, 7) is 3.98. The van der Waals surface area contributed by atoms with Crippen LogP contribution in [0.15, 0.2) is 41.9 Å². The lowest BCUT2D eigenvalue weighted by Gasteiger charge is -2.36. The smallest absolute Gasteiger partial charge is 0.242 e. The number of amides is 1. The van der Waals surface area contributed by atoms with Crippen LogP contribution in [0.1, 0.15) is 0 Å². The van der Waals surface area contributed by atoms with Gasteiger partial charge in [0.1, 0.15) is 0 Å². The Kier molecular flexibility index (Phi) is 4.16. The van der Waals surface area contributed by atoms with Gasteiger partial charge in [-0.2, -0.15) is 0 Å². The fraction of sp³-hybridized carbons (Fsp3) is 0.400. The zero-order valence-electron chi connectivity index (χ0n) is 11.4. The highest BCUT2D eigenvalue weighted by molar-refractivity contribution is 8.02. The number of carbonyl (C=O) groups is 1. The second kappa shape index (κ2) is 6.22. The highest BCUT2D eigenvalue weighted by atomic mass is 32.2. The van der Waals surface area contributed by atoms with Gasteiger partial charge in [0, 0.05) is 38.1 Å². The Morgan fingerprint density at radius 3 is 2.50 bits per heavy atom. The van der Waals surface area contributed by atoms with Crippen LogP contribution < -0.4 is 4.90 Å². The molecule has 2 aliphatic rings. The van der Waals surface area contributed by atoms with Crippen LogP contribution >= 0.6 is 11.8 Å². The van der Waals surface area contributed by atoms with E-state index >= 15 is 0 Å². The predicted octanol–water partition coefficient (Wildman–Crippen LogP) is 1.81. The number of hydrogen-bond donors (Lipinski definition) is 0. The molecule has 1 fully saturated rings. The summed E-state index contributed by atoms with van der Waals surface area (Å²) in [5.41, 5.74) is 1.25. The number of rotatable bonds is 3. The molecule has 0 aliphatic carbocycles. The normalized spacial score (nSPS) is 18.7. The first kappa shape index (κ1) is 13.4. The summed E-state index contributed by atoms with van der Waals surface area (Å²) >= 11 is 1.73. The van der Waals surface area contributed by atoms with Crippen LogP contribution in [0.4, 0.5) is 5.69 Å². The molecular weight excluding hydrogens is 270 g/mol. The fourth-order valence-electron chi connectivity index (χ4n) is 2.54. The third-order valence-corrected chi connectivity index (χ3v) is 4.50. The van der Waals surface area contributed by atoms with Crippen molar-refractivity contribution in [3.05, 3.63) is 41.9 Å². The largest absolute Gasteiger partial charge is 0.368 e. The Morgan fingerprint density at radius 1 is 1.10 bits per heavy atom. The average Bonchev–Trinajstić information content (AvgIpc) is 3.01. The SMILES string of the molecule is O=C(CN1C=CSC1)N1CCN(c2ccccc2)CC1. The maximum atomic E-state index is 12.2. The van der Waals surface area contributed by atoms with Crippen LogP contribution in [-0.2, 0) is 4.79 Å². The molecule has 4 nitrogen and oxygen atoms in total. The van der Waals surface area contributed by atoms with Gasteiger partial charge < -0.3 is 14.7 Å². The third-order valence-electron chi connectivity index (χ3n) is 3.70. The maximum Gasteiger partial charge on any atom is 0.242 e. The van der Waals surface area contributed by atoms with E-state index < -0.39 is 0 Å². The summed E-state index contributed by atoms with van der Waals surface area (Å²) in [7, 11) is 0. The first-order valence-corrected chi connectivity index (χ1v) is 7.98. The molecule has 1 aromatic carbocycles. The first-order valence-electron chi connectivity index (χ1n) is 6.93. The first-order chi connectivity index (χ1) is 9.83. The molecule has 0 atom stereocenters. The van der Waals surface area contributed by atoms with E-state index in [0.29, 0.717) is 6.54 Å². The number of nitrogens with zero attached hydrogens (tertiary/aromatic N) is 3. The number of hydrogen-bond acceptors (Lipinski definition) is 4. The van der Waals surface area contributed by atoms with Crippen LogP contribution in [0.25, 0.3) is 0 Å². The van der Waals surface area contributed by atoms with Crippen molar-refractivity contribution in [1.29, 1.82) is 0 Å². The van der Waals surface area contributed by atoms with Crippen LogP contribution in [0.2, 0.25) is 0 Å². The van der Waals surface area contributed by atoms with Crippen molar-refractivity contribution in [2.45, 2.75) is 0 Å². The van der Waals surface area contributed by atoms with Gasteiger partial charge in [0.05, 0.1) is 12.4 Å². The molecule has 1 saturated heterocycles. The van der Waals surface area contributed by atoms with E-state index in [1.807, 2.05) is 22.6 Å². The molecule has 2 heterocycles. The Balaban J connectivity index is 1.50. The molecule has 1 aromatic rings. The molecule has 0 radical (unpaired) electrons. The lowest BCUT2D eigenvalue weighted by Crippen LogP contribution is -2.50. The Morgan fingerprint density at radius 2 is 1.85 bits per heavy atom. The predicted molar refractivity (Wildman–Crippen MR) is 83.5 cm³/mol. The van der Waals surface area contributed by atoms with E-state index in [1.165, 1.54) is 5.69 Å². The number of benzene rings is 1. The van der Waals surface area contributed by atoms with Gasteiger partial charge in [-0.25, -0.2) is 0 Å². The van der Waals surface area contributed by atoms with Crippen LogP contribution in [-0.4, -0.2) is 54.3 Å². The molecule has 20 heavy (non-hydrogen) atoms. The highest BCUT2D eigenvalue weighted by Crippen LogP contribution is 2.17. The molecule has 0 aromatic heterocycles. The number of para-hydroxylation sites is 1. The van der Waals surface area contributed by atoms with Crippen molar-refractivity contribution in [3.8, 4) is 0 Å². The lowest BCUT2D eigenvalue weighted by molar-refractivity contribution is -0.131. The van der Waals surface area contributed by atoms with Crippen LogP contribution in [0.5, 0.6) is 0 Å². The molecule has 0 saturated carbocycles. The van der Waals surface area contributed by atoms with Gasteiger partial charge in [0.25, 0.3) is 0 Å².